The second-order valence-corrected chi connectivity index (χ2v) is 4.57. The predicted octanol–water partition coefficient (Wildman–Crippen LogP) is 4.25. The summed E-state index contributed by atoms with van der Waals surface area (Å²) in [4.78, 5) is 4.25. The molecule has 0 spiro atoms. The van der Waals surface area contributed by atoms with Gasteiger partial charge in [-0.1, -0.05) is 30.7 Å². The number of aromatic nitrogens is 1. The largest absolute Gasteiger partial charge is 0.493 e. The summed E-state index contributed by atoms with van der Waals surface area (Å²) in [5.41, 5.74) is 1.01. The fourth-order valence-corrected chi connectivity index (χ4v) is 2.34. The van der Waals surface area contributed by atoms with Crippen molar-refractivity contribution in [1.82, 2.24) is 4.98 Å². The van der Waals surface area contributed by atoms with Crippen LogP contribution in [0.1, 0.15) is 13.3 Å². The van der Waals surface area contributed by atoms with E-state index >= 15 is 0 Å². The van der Waals surface area contributed by atoms with Crippen LogP contribution in [-0.2, 0) is 0 Å². The Labute approximate surface area is 104 Å². The fraction of sp³-hybridized carbons (Fsp3) is 0.250. The third kappa shape index (κ3) is 2.54. The highest BCUT2D eigenvalue weighted by molar-refractivity contribution is 7.13. The molecule has 0 saturated carbocycles. The summed E-state index contributed by atoms with van der Waals surface area (Å²) in [5.74, 6) is 0.871. The third-order valence-electron chi connectivity index (χ3n) is 2.06. The Kier molecular flexibility index (Phi) is 3.80. The molecule has 0 atom stereocenters. The molecule has 84 valence electrons. The smallest absolute Gasteiger partial charge is 0.140 e. The molecular weight excluding hydrogens is 242 g/mol. The molecule has 2 rings (SSSR count). The molecule has 0 N–H and O–H groups in total. The van der Waals surface area contributed by atoms with Crippen molar-refractivity contribution in [3.63, 3.8) is 0 Å². The summed E-state index contributed by atoms with van der Waals surface area (Å²) >= 11 is 7.35. The van der Waals surface area contributed by atoms with Crippen LogP contribution in [0.3, 0.4) is 0 Å². The lowest BCUT2D eigenvalue weighted by Gasteiger charge is -2.08. The molecule has 1 aromatic carbocycles. The van der Waals surface area contributed by atoms with Gasteiger partial charge in [-0.15, -0.1) is 11.3 Å². The number of thiazole rings is 1. The number of hydrogen-bond acceptors (Lipinski definition) is 3. The van der Waals surface area contributed by atoms with Gasteiger partial charge in [-0.3, -0.25) is 0 Å². The zero-order valence-corrected chi connectivity index (χ0v) is 10.5. The Bertz CT molecular complexity index is 470. The second kappa shape index (κ2) is 5.32. The Morgan fingerprint density at radius 3 is 2.88 bits per heavy atom. The van der Waals surface area contributed by atoms with E-state index in [1.807, 2.05) is 29.6 Å². The first kappa shape index (κ1) is 11.4. The SMILES string of the molecule is CCCOc1ccccc1-c1nc(Cl)cs1. The summed E-state index contributed by atoms with van der Waals surface area (Å²) in [7, 11) is 0. The van der Waals surface area contributed by atoms with Crippen LogP contribution in [0.4, 0.5) is 0 Å². The van der Waals surface area contributed by atoms with Gasteiger partial charge in [0.1, 0.15) is 15.9 Å². The van der Waals surface area contributed by atoms with E-state index in [0.29, 0.717) is 5.15 Å². The van der Waals surface area contributed by atoms with E-state index in [2.05, 4.69) is 11.9 Å². The van der Waals surface area contributed by atoms with Crippen LogP contribution in [0, 0.1) is 0 Å². The molecule has 1 aromatic heterocycles. The van der Waals surface area contributed by atoms with Gasteiger partial charge in [0, 0.05) is 5.38 Å². The lowest BCUT2D eigenvalue weighted by atomic mass is 10.2. The van der Waals surface area contributed by atoms with Crippen molar-refractivity contribution in [3.05, 3.63) is 34.8 Å². The minimum atomic E-state index is 0.533. The van der Waals surface area contributed by atoms with E-state index in [9.17, 15) is 0 Å². The van der Waals surface area contributed by atoms with Gasteiger partial charge in [0.05, 0.1) is 12.2 Å². The average Bonchev–Trinajstić information content (AvgIpc) is 2.73. The first-order chi connectivity index (χ1) is 7.81. The Morgan fingerprint density at radius 2 is 2.19 bits per heavy atom. The van der Waals surface area contributed by atoms with Crippen LogP contribution >= 0.6 is 22.9 Å². The van der Waals surface area contributed by atoms with Gasteiger partial charge < -0.3 is 4.74 Å². The molecule has 0 aliphatic heterocycles. The quantitative estimate of drug-likeness (QED) is 0.813. The molecule has 0 bridgehead atoms. The van der Waals surface area contributed by atoms with Crippen molar-refractivity contribution < 1.29 is 4.74 Å². The van der Waals surface area contributed by atoms with Crippen molar-refractivity contribution in [1.29, 1.82) is 0 Å². The van der Waals surface area contributed by atoms with Crippen molar-refractivity contribution >= 4 is 22.9 Å². The first-order valence-electron chi connectivity index (χ1n) is 5.14. The van der Waals surface area contributed by atoms with Crippen LogP contribution in [0.5, 0.6) is 5.75 Å². The van der Waals surface area contributed by atoms with Gasteiger partial charge >= 0.3 is 0 Å². The molecule has 0 fully saturated rings. The van der Waals surface area contributed by atoms with Crippen LogP contribution < -0.4 is 4.74 Å². The van der Waals surface area contributed by atoms with Gasteiger partial charge in [-0.05, 0) is 18.6 Å². The van der Waals surface area contributed by atoms with Gasteiger partial charge in [0.25, 0.3) is 0 Å². The number of rotatable bonds is 4. The third-order valence-corrected chi connectivity index (χ3v) is 3.25. The minimum absolute atomic E-state index is 0.533. The number of hydrogen-bond donors (Lipinski definition) is 0. The van der Waals surface area contributed by atoms with Gasteiger partial charge in [-0.2, -0.15) is 0 Å². The van der Waals surface area contributed by atoms with E-state index in [0.717, 1.165) is 29.3 Å². The Balaban J connectivity index is 2.32. The number of para-hydroxylation sites is 1. The van der Waals surface area contributed by atoms with Crippen LogP contribution in [0.2, 0.25) is 5.15 Å². The maximum Gasteiger partial charge on any atom is 0.140 e. The fourth-order valence-electron chi connectivity index (χ4n) is 1.36. The normalized spacial score (nSPS) is 10.4. The minimum Gasteiger partial charge on any atom is -0.493 e. The van der Waals surface area contributed by atoms with Gasteiger partial charge in [0.15, 0.2) is 0 Å². The van der Waals surface area contributed by atoms with E-state index in [1.54, 1.807) is 0 Å². The van der Waals surface area contributed by atoms with Crippen molar-refractivity contribution in [2.75, 3.05) is 6.61 Å². The molecule has 16 heavy (non-hydrogen) atoms. The predicted molar refractivity (Wildman–Crippen MR) is 68.3 cm³/mol. The summed E-state index contributed by atoms with van der Waals surface area (Å²) in [6.07, 6.45) is 0.993. The van der Waals surface area contributed by atoms with Gasteiger partial charge in [0.2, 0.25) is 0 Å². The lowest BCUT2D eigenvalue weighted by Crippen LogP contribution is -1.96. The van der Waals surface area contributed by atoms with E-state index in [1.165, 1.54) is 11.3 Å². The first-order valence-corrected chi connectivity index (χ1v) is 6.40. The number of halogens is 1. The van der Waals surface area contributed by atoms with E-state index < -0.39 is 0 Å². The van der Waals surface area contributed by atoms with Crippen molar-refractivity contribution in [2.45, 2.75) is 13.3 Å². The van der Waals surface area contributed by atoms with Crippen LogP contribution in [-0.4, -0.2) is 11.6 Å². The highest BCUT2D eigenvalue weighted by Gasteiger charge is 2.09. The van der Waals surface area contributed by atoms with Crippen molar-refractivity contribution in [2.24, 2.45) is 0 Å². The molecule has 1 heterocycles. The number of benzene rings is 1. The molecule has 0 unspecified atom stereocenters. The zero-order chi connectivity index (χ0) is 11.4. The molecule has 0 amide bonds. The number of ether oxygens (including phenoxy) is 1. The van der Waals surface area contributed by atoms with Crippen molar-refractivity contribution in [3.8, 4) is 16.3 Å². The van der Waals surface area contributed by atoms with Crippen LogP contribution in [0.25, 0.3) is 10.6 Å². The zero-order valence-electron chi connectivity index (χ0n) is 8.94. The average molecular weight is 254 g/mol. The highest BCUT2D eigenvalue weighted by Crippen LogP contribution is 2.33. The standard InChI is InChI=1S/C12H12ClNOS/c1-2-7-15-10-6-4-3-5-9(10)12-14-11(13)8-16-12/h3-6,8H,2,7H2,1H3. The molecule has 2 aromatic rings. The second-order valence-electron chi connectivity index (χ2n) is 3.32. The molecule has 0 saturated heterocycles. The molecule has 4 heteroatoms. The Morgan fingerprint density at radius 1 is 1.38 bits per heavy atom. The topological polar surface area (TPSA) is 22.1 Å². The maximum atomic E-state index is 5.83. The van der Waals surface area contributed by atoms with Crippen LogP contribution in [0.15, 0.2) is 29.6 Å². The molecule has 0 radical (unpaired) electrons. The monoisotopic (exact) mass is 253 g/mol. The summed E-state index contributed by atoms with van der Waals surface area (Å²) in [5, 5.41) is 3.26. The van der Waals surface area contributed by atoms with E-state index in [-0.39, 0.29) is 0 Å². The molecule has 2 nitrogen and oxygen atoms in total. The van der Waals surface area contributed by atoms with Gasteiger partial charge in [-0.25, -0.2) is 4.98 Å². The number of nitrogens with zero attached hydrogens (tertiary/aromatic N) is 1. The Hall–Kier alpha value is -1.06. The summed E-state index contributed by atoms with van der Waals surface area (Å²) in [6.45, 7) is 2.80. The summed E-state index contributed by atoms with van der Waals surface area (Å²) in [6, 6.07) is 7.90. The highest BCUT2D eigenvalue weighted by atomic mass is 35.5. The summed E-state index contributed by atoms with van der Waals surface area (Å²) < 4.78 is 5.67. The molecule has 0 aliphatic rings. The molecule has 0 aliphatic carbocycles. The van der Waals surface area contributed by atoms with E-state index in [4.69, 9.17) is 16.3 Å². The lowest BCUT2D eigenvalue weighted by molar-refractivity contribution is 0.318. The molecular formula is C12H12ClNOS. The maximum absolute atomic E-state index is 5.83.